The van der Waals surface area contributed by atoms with Gasteiger partial charge in [-0.3, -0.25) is 9.79 Å². The first-order valence-electron chi connectivity index (χ1n) is 10.4. The number of carbonyl (C=O) groups is 1. The molecule has 1 amide bonds. The van der Waals surface area contributed by atoms with Gasteiger partial charge in [-0.15, -0.1) is 9.24 Å². The molecule has 2 fully saturated rings. The number of carbonyl (C=O) groups excluding carboxylic acids is 1. The second-order valence-electron chi connectivity index (χ2n) is 9.05. The Bertz CT molecular complexity index is 1080. The van der Waals surface area contributed by atoms with Gasteiger partial charge < -0.3 is 10.7 Å². The number of hydrogen-bond donors (Lipinski definition) is 2. The summed E-state index contributed by atoms with van der Waals surface area (Å²) in [6.07, 6.45) is 5.42. The molecular weight excluding hydrogens is 377 g/mol. The average Bonchev–Trinajstić information content (AvgIpc) is 3.41. The van der Waals surface area contributed by atoms with Crippen molar-refractivity contribution >= 4 is 26.7 Å². The number of rotatable bonds is 0. The second kappa shape index (κ2) is 6.38. The number of amidine groups is 1. The zero-order valence-electron chi connectivity index (χ0n) is 17.0. The fourth-order valence-corrected chi connectivity index (χ4v) is 5.63. The normalized spacial score (nSPS) is 32.0. The minimum Gasteiger partial charge on any atom is -0.312 e. The van der Waals surface area contributed by atoms with Gasteiger partial charge in [0.2, 0.25) is 0 Å². The fourth-order valence-electron chi connectivity index (χ4n) is 5.35. The van der Waals surface area contributed by atoms with E-state index in [1.165, 1.54) is 18.4 Å². The highest BCUT2D eigenvalue weighted by Crippen LogP contribution is 2.61. The Balaban J connectivity index is 1.68. The van der Waals surface area contributed by atoms with Gasteiger partial charge in [-0.2, -0.15) is 0 Å². The van der Waals surface area contributed by atoms with Crippen LogP contribution in [0.2, 0.25) is 0 Å². The molecular formula is C24H26N3OP. The molecule has 0 bridgehead atoms. The summed E-state index contributed by atoms with van der Waals surface area (Å²) in [5.41, 5.74) is 3.72. The van der Waals surface area contributed by atoms with Crippen LogP contribution in [-0.4, -0.2) is 17.5 Å². The first-order chi connectivity index (χ1) is 13.8. The molecule has 4 aliphatic rings. The first-order valence-corrected chi connectivity index (χ1v) is 11.0. The molecule has 0 radical (unpaired) electrons. The van der Waals surface area contributed by atoms with Crippen LogP contribution in [0.1, 0.15) is 62.6 Å². The zero-order valence-corrected chi connectivity index (χ0v) is 18.1. The van der Waals surface area contributed by atoms with E-state index in [2.05, 4.69) is 44.6 Å². The number of fused-ring (bicyclic) bond motifs is 3. The SMILES string of the molecule is CC1=NC2(C(=O)N1)c1cc(C#CC3CC3)ccc1CC21CCC(=N)C(=C(C)P)C1. The van der Waals surface area contributed by atoms with Crippen LogP contribution in [0, 0.1) is 28.6 Å². The molecule has 4 nitrogen and oxygen atoms in total. The number of allylic oxidation sites excluding steroid dienone is 2. The van der Waals surface area contributed by atoms with Gasteiger partial charge >= 0.3 is 0 Å². The summed E-state index contributed by atoms with van der Waals surface area (Å²) in [6.45, 7) is 3.91. The molecule has 5 heteroatoms. The van der Waals surface area contributed by atoms with Crippen molar-refractivity contribution in [2.75, 3.05) is 0 Å². The van der Waals surface area contributed by atoms with Crippen LogP contribution >= 0.6 is 9.24 Å². The third-order valence-electron chi connectivity index (χ3n) is 6.96. The molecule has 2 saturated carbocycles. The highest BCUT2D eigenvalue weighted by molar-refractivity contribution is 7.22. The van der Waals surface area contributed by atoms with E-state index in [1.54, 1.807) is 0 Å². The summed E-state index contributed by atoms with van der Waals surface area (Å²) in [7, 11) is 2.75. The lowest BCUT2D eigenvalue weighted by Gasteiger charge is -2.44. The maximum Gasteiger partial charge on any atom is 0.258 e. The molecule has 3 unspecified atom stereocenters. The van der Waals surface area contributed by atoms with Crippen molar-refractivity contribution in [2.24, 2.45) is 16.3 Å². The van der Waals surface area contributed by atoms with Crippen molar-refractivity contribution in [3.63, 3.8) is 0 Å². The maximum absolute atomic E-state index is 13.5. The third-order valence-corrected chi connectivity index (χ3v) is 7.31. The van der Waals surface area contributed by atoms with Crippen LogP contribution in [0.3, 0.4) is 0 Å². The van der Waals surface area contributed by atoms with Crippen molar-refractivity contribution in [1.29, 1.82) is 5.41 Å². The highest BCUT2D eigenvalue weighted by Gasteiger charge is 2.65. The van der Waals surface area contributed by atoms with Crippen molar-refractivity contribution in [3.05, 3.63) is 45.8 Å². The quantitative estimate of drug-likeness (QED) is 0.497. The van der Waals surface area contributed by atoms with Gasteiger partial charge in [-0.05, 0) is 81.2 Å². The number of aliphatic imine (C=N–C) groups is 1. The van der Waals surface area contributed by atoms with Crippen molar-refractivity contribution in [2.45, 2.75) is 57.9 Å². The van der Waals surface area contributed by atoms with Crippen LogP contribution in [0.4, 0.5) is 0 Å². The molecule has 2 N–H and O–H groups in total. The van der Waals surface area contributed by atoms with E-state index in [9.17, 15) is 4.79 Å². The number of nitrogens with zero attached hydrogens (tertiary/aromatic N) is 1. The lowest BCUT2D eigenvalue weighted by atomic mass is 9.60. The van der Waals surface area contributed by atoms with Gasteiger partial charge in [0.15, 0.2) is 5.54 Å². The summed E-state index contributed by atoms with van der Waals surface area (Å²) in [4.78, 5) is 18.4. The molecule has 2 spiro atoms. The molecule has 0 saturated heterocycles. The van der Waals surface area contributed by atoms with E-state index in [4.69, 9.17) is 10.4 Å². The summed E-state index contributed by atoms with van der Waals surface area (Å²) in [6, 6.07) is 6.35. The predicted molar refractivity (Wildman–Crippen MR) is 119 cm³/mol. The lowest BCUT2D eigenvalue weighted by molar-refractivity contribution is -0.128. The maximum atomic E-state index is 13.5. The van der Waals surface area contributed by atoms with Gasteiger partial charge in [-0.25, -0.2) is 0 Å². The van der Waals surface area contributed by atoms with Crippen molar-refractivity contribution in [3.8, 4) is 11.8 Å². The highest BCUT2D eigenvalue weighted by atomic mass is 31.0. The minimum atomic E-state index is -0.907. The second-order valence-corrected chi connectivity index (χ2v) is 9.92. The number of nitrogens with one attached hydrogen (secondary N) is 2. The van der Waals surface area contributed by atoms with Gasteiger partial charge in [0.1, 0.15) is 5.84 Å². The standard InChI is InChI=1S/C24H26N3OP/c1-14(29)19-13-23(10-9-21(19)25)12-18-8-7-17(6-5-16-3-4-16)11-20(18)24(23)22(28)26-15(2)27-24/h7-8,11,16,25H,3-4,9-10,12-13,29H2,1-2H3,(H,26,27,28). The summed E-state index contributed by atoms with van der Waals surface area (Å²) in [5, 5.41) is 12.5. The van der Waals surface area contributed by atoms with Gasteiger partial charge in [0.25, 0.3) is 5.91 Å². The summed E-state index contributed by atoms with van der Waals surface area (Å²) >= 11 is 0. The van der Waals surface area contributed by atoms with Crippen LogP contribution in [-0.2, 0) is 16.8 Å². The molecule has 1 aromatic carbocycles. The Kier molecular flexibility index (Phi) is 4.13. The Labute approximate surface area is 174 Å². The number of benzene rings is 1. The van der Waals surface area contributed by atoms with E-state index in [0.29, 0.717) is 30.3 Å². The Hall–Kier alpha value is -2.24. The van der Waals surface area contributed by atoms with Gasteiger partial charge in [0, 0.05) is 22.6 Å². The number of amides is 1. The molecule has 1 aromatic rings. The van der Waals surface area contributed by atoms with E-state index in [1.807, 2.05) is 13.8 Å². The fraction of sp³-hybridized carbons (Fsp3) is 0.458. The minimum absolute atomic E-state index is 0.0183. The van der Waals surface area contributed by atoms with Crippen LogP contribution < -0.4 is 5.32 Å². The van der Waals surface area contributed by atoms with E-state index in [-0.39, 0.29) is 11.3 Å². The van der Waals surface area contributed by atoms with Gasteiger partial charge in [-0.1, -0.05) is 23.2 Å². The number of hydrogen-bond acceptors (Lipinski definition) is 3. The smallest absolute Gasteiger partial charge is 0.258 e. The topological polar surface area (TPSA) is 65.3 Å². The molecule has 3 atom stereocenters. The summed E-state index contributed by atoms with van der Waals surface area (Å²) in [5.74, 6) is 7.86. The zero-order chi connectivity index (χ0) is 20.4. The monoisotopic (exact) mass is 403 g/mol. The van der Waals surface area contributed by atoms with E-state index < -0.39 is 5.54 Å². The van der Waals surface area contributed by atoms with Crippen LogP contribution in [0.25, 0.3) is 0 Å². The van der Waals surface area contributed by atoms with Crippen LogP contribution in [0.15, 0.2) is 34.1 Å². The lowest BCUT2D eigenvalue weighted by Crippen LogP contribution is -2.50. The third kappa shape index (κ3) is 2.75. The average molecular weight is 403 g/mol. The molecule has 29 heavy (non-hydrogen) atoms. The van der Waals surface area contributed by atoms with Crippen molar-refractivity contribution in [1.82, 2.24) is 5.32 Å². The van der Waals surface area contributed by atoms with Crippen LogP contribution in [0.5, 0.6) is 0 Å². The molecule has 1 aliphatic heterocycles. The largest absolute Gasteiger partial charge is 0.312 e. The van der Waals surface area contributed by atoms with Crippen molar-refractivity contribution < 1.29 is 4.79 Å². The Morgan fingerprint density at radius 3 is 2.79 bits per heavy atom. The molecule has 5 rings (SSSR count). The van der Waals surface area contributed by atoms with Gasteiger partial charge in [0.05, 0.1) is 0 Å². The molecule has 3 aliphatic carbocycles. The van der Waals surface area contributed by atoms with E-state index >= 15 is 0 Å². The molecule has 1 heterocycles. The summed E-state index contributed by atoms with van der Waals surface area (Å²) < 4.78 is 0. The predicted octanol–water partition coefficient (Wildman–Crippen LogP) is 4.09. The Morgan fingerprint density at radius 2 is 2.14 bits per heavy atom. The Morgan fingerprint density at radius 1 is 1.34 bits per heavy atom. The molecule has 148 valence electrons. The first kappa shape index (κ1) is 18.8. The van der Waals surface area contributed by atoms with E-state index in [0.717, 1.165) is 34.9 Å². The molecule has 0 aromatic heterocycles.